The molecule has 0 amide bonds. The molecule has 0 unspecified atom stereocenters. The third-order valence-corrected chi connectivity index (χ3v) is 3.99. The Balaban J connectivity index is 1.63. The highest BCUT2D eigenvalue weighted by molar-refractivity contribution is 7.99. The first kappa shape index (κ1) is 13.8. The van der Waals surface area contributed by atoms with Gasteiger partial charge in [-0.25, -0.2) is 0 Å². The van der Waals surface area contributed by atoms with Crippen molar-refractivity contribution in [3.05, 3.63) is 29.8 Å². The molecular formula is C15H23NOS. The minimum atomic E-state index is 0.775. The summed E-state index contributed by atoms with van der Waals surface area (Å²) in [6.07, 6.45) is 3.82. The largest absolute Gasteiger partial charge is 0.494 e. The molecule has 0 heterocycles. The Morgan fingerprint density at radius 2 is 2.06 bits per heavy atom. The third-order valence-electron chi connectivity index (χ3n) is 3.00. The van der Waals surface area contributed by atoms with Crippen LogP contribution in [0.2, 0.25) is 0 Å². The van der Waals surface area contributed by atoms with Crippen molar-refractivity contribution in [3.8, 4) is 5.75 Å². The SMILES string of the molecule is CCSCCCOc1ccc(CNC2CC2)cc1. The van der Waals surface area contributed by atoms with Gasteiger partial charge in [0.1, 0.15) is 5.75 Å². The standard InChI is InChI=1S/C15H23NOS/c1-2-18-11-3-10-17-15-8-4-13(5-9-15)12-16-14-6-7-14/h4-5,8-9,14,16H,2-3,6-7,10-12H2,1H3. The summed E-state index contributed by atoms with van der Waals surface area (Å²) in [5, 5.41) is 3.52. The maximum atomic E-state index is 5.71. The van der Waals surface area contributed by atoms with Gasteiger partial charge in [-0.1, -0.05) is 19.1 Å². The fourth-order valence-electron chi connectivity index (χ4n) is 1.75. The molecule has 0 bridgehead atoms. The molecule has 1 N–H and O–H groups in total. The highest BCUT2D eigenvalue weighted by atomic mass is 32.2. The van der Waals surface area contributed by atoms with Crippen molar-refractivity contribution >= 4 is 11.8 Å². The van der Waals surface area contributed by atoms with Gasteiger partial charge in [-0.2, -0.15) is 11.8 Å². The second kappa shape index (κ2) is 7.70. The van der Waals surface area contributed by atoms with Gasteiger partial charge in [-0.15, -0.1) is 0 Å². The zero-order valence-corrected chi connectivity index (χ0v) is 12.0. The summed E-state index contributed by atoms with van der Waals surface area (Å²) in [6.45, 7) is 4.00. The van der Waals surface area contributed by atoms with Crippen LogP contribution in [0.25, 0.3) is 0 Å². The molecule has 0 radical (unpaired) electrons. The van der Waals surface area contributed by atoms with Crippen LogP contribution in [0.3, 0.4) is 0 Å². The fraction of sp³-hybridized carbons (Fsp3) is 0.600. The van der Waals surface area contributed by atoms with Crippen LogP contribution in [0.1, 0.15) is 31.7 Å². The van der Waals surface area contributed by atoms with Gasteiger partial charge in [0.2, 0.25) is 0 Å². The minimum Gasteiger partial charge on any atom is -0.494 e. The van der Waals surface area contributed by atoms with Gasteiger partial charge in [0.25, 0.3) is 0 Å². The molecule has 100 valence electrons. The van der Waals surface area contributed by atoms with Crippen LogP contribution in [0.15, 0.2) is 24.3 Å². The number of rotatable bonds is 9. The number of hydrogen-bond donors (Lipinski definition) is 1. The fourth-order valence-corrected chi connectivity index (χ4v) is 2.36. The average molecular weight is 265 g/mol. The minimum absolute atomic E-state index is 0.775. The van der Waals surface area contributed by atoms with E-state index in [4.69, 9.17) is 4.74 Å². The summed E-state index contributed by atoms with van der Waals surface area (Å²) in [5.74, 6) is 3.38. The molecular weight excluding hydrogens is 242 g/mol. The molecule has 0 atom stereocenters. The van der Waals surface area contributed by atoms with E-state index >= 15 is 0 Å². The first-order valence-electron chi connectivity index (χ1n) is 6.91. The Bertz CT molecular complexity index is 335. The van der Waals surface area contributed by atoms with Gasteiger partial charge in [0, 0.05) is 12.6 Å². The Morgan fingerprint density at radius 1 is 1.28 bits per heavy atom. The van der Waals surface area contributed by atoms with Crippen LogP contribution >= 0.6 is 11.8 Å². The summed E-state index contributed by atoms with van der Waals surface area (Å²) in [7, 11) is 0. The van der Waals surface area contributed by atoms with Crippen LogP contribution < -0.4 is 10.1 Å². The van der Waals surface area contributed by atoms with E-state index in [1.54, 1.807) is 0 Å². The maximum Gasteiger partial charge on any atom is 0.119 e. The van der Waals surface area contributed by atoms with Crippen molar-refractivity contribution in [3.63, 3.8) is 0 Å². The lowest BCUT2D eigenvalue weighted by Crippen LogP contribution is -2.15. The Kier molecular flexibility index (Phi) is 5.88. The normalized spacial score (nSPS) is 14.7. The third kappa shape index (κ3) is 5.32. The summed E-state index contributed by atoms with van der Waals surface area (Å²) in [6, 6.07) is 9.25. The highest BCUT2D eigenvalue weighted by Crippen LogP contribution is 2.20. The molecule has 0 spiro atoms. The number of hydrogen-bond acceptors (Lipinski definition) is 3. The molecule has 2 nitrogen and oxygen atoms in total. The van der Waals surface area contributed by atoms with Crippen LogP contribution in [-0.4, -0.2) is 24.2 Å². The zero-order valence-electron chi connectivity index (χ0n) is 11.2. The Morgan fingerprint density at radius 3 is 2.72 bits per heavy atom. The Labute approximate surface area is 114 Å². The first-order chi connectivity index (χ1) is 8.88. The van der Waals surface area contributed by atoms with Crippen molar-refractivity contribution in [2.75, 3.05) is 18.1 Å². The monoisotopic (exact) mass is 265 g/mol. The van der Waals surface area contributed by atoms with Crippen LogP contribution in [0.4, 0.5) is 0 Å². The summed E-state index contributed by atoms with van der Waals surface area (Å²) in [4.78, 5) is 0. The lowest BCUT2D eigenvalue weighted by Gasteiger charge is -2.07. The summed E-state index contributed by atoms with van der Waals surface area (Å²) in [5.41, 5.74) is 1.34. The lowest BCUT2D eigenvalue weighted by atomic mass is 10.2. The van der Waals surface area contributed by atoms with E-state index in [2.05, 4.69) is 36.5 Å². The molecule has 1 aromatic rings. The number of thioether (sulfide) groups is 1. The van der Waals surface area contributed by atoms with Crippen molar-refractivity contribution in [1.29, 1.82) is 0 Å². The van der Waals surface area contributed by atoms with Crippen molar-refractivity contribution in [2.24, 2.45) is 0 Å². The molecule has 1 saturated carbocycles. The van der Waals surface area contributed by atoms with E-state index in [9.17, 15) is 0 Å². The van der Waals surface area contributed by atoms with Gasteiger partial charge < -0.3 is 10.1 Å². The van der Waals surface area contributed by atoms with E-state index in [0.717, 1.165) is 31.4 Å². The second-order valence-corrected chi connectivity index (χ2v) is 6.09. The van der Waals surface area contributed by atoms with E-state index in [1.165, 1.54) is 29.9 Å². The lowest BCUT2D eigenvalue weighted by molar-refractivity contribution is 0.318. The average Bonchev–Trinajstić information content (AvgIpc) is 3.22. The van der Waals surface area contributed by atoms with Crippen molar-refractivity contribution in [1.82, 2.24) is 5.32 Å². The van der Waals surface area contributed by atoms with Gasteiger partial charge in [0.05, 0.1) is 6.61 Å². The quantitative estimate of drug-likeness (QED) is 0.691. The van der Waals surface area contributed by atoms with E-state index < -0.39 is 0 Å². The maximum absolute atomic E-state index is 5.71. The number of benzene rings is 1. The molecule has 18 heavy (non-hydrogen) atoms. The van der Waals surface area contributed by atoms with Gasteiger partial charge in [-0.05, 0) is 48.5 Å². The van der Waals surface area contributed by atoms with E-state index in [0.29, 0.717) is 0 Å². The Hall–Kier alpha value is -0.670. The topological polar surface area (TPSA) is 21.3 Å². The summed E-state index contributed by atoms with van der Waals surface area (Å²) >= 11 is 1.97. The predicted octanol–water partition coefficient (Wildman–Crippen LogP) is 3.46. The first-order valence-corrected chi connectivity index (χ1v) is 8.07. The van der Waals surface area contributed by atoms with E-state index in [1.807, 2.05) is 11.8 Å². The van der Waals surface area contributed by atoms with Crippen molar-refractivity contribution < 1.29 is 4.74 Å². The molecule has 3 heteroatoms. The van der Waals surface area contributed by atoms with Gasteiger partial charge in [-0.3, -0.25) is 0 Å². The van der Waals surface area contributed by atoms with Crippen molar-refractivity contribution in [2.45, 2.75) is 38.8 Å². The molecule has 1 fully saturated rings. The summed E-state index contributed by atoms with van der Waals surface area (Å²) < 4.78 is 5.71. The molecule has 0 aromatic heterocycles. The van der Waals surface area contributed by atoms with Crippen LogP contribution in [0, 0.1) is 0 Å². The highest BCUT2D eigenvalue weighted by Gasteiger charge is 2.19. The number of nitrogens with one attached hydrogen (secondary N) is 1. The molecule has 1 aliphatic carbocycles. The molecule has 0 saturated heterocycles. The van der Waals surface area contributed by atoms with Crippen LogP contribution in [-0.2, 0) is 6.54 Å². The zero-order chi connectivity index (χ0) is 12.6. The van der Waals surface area contributed by atoms with E-state index in [-0.39, 0.29) is 0 Å². The predicted molar refractivity (Wildman–Crippen MR) is 79.4 cm³/mol. The van der Waals surface area contributed by atoms with Gasteiger partial charge in [0.15, 0.2) is 0 Å². The van der Waals surface area contributed by atoms with Gasteiger partial charge >= 0.3 is 0 Å². The number of ether oxygens (including phenoxy) is 1. The second-order valence-electron chi connectivity index (χ2n) is 4.70. The smallest absolute Gasteiger partial charge is 0.119 e. The molecule has 2 rings (SSSR count). The molecule has 1 aliphatic rings. The van der Waals surface area contributed by atoms with Crippen LogP contribution in [0.5, 0.6) is 5.75 Å². The molecule has 0 aliphatic heterocycles. The molecule has 1 aromatic carbocycles.